The van der Waals surface area contributed by atoms with Gasteiger partial charge >= 0.3 is 0 Å². The zero-order valence-electron chi connectivity index (χ0n) is 27.0. The van der Waals surface area contributed by atoms with Gasteiger partial charge in [0.05, 0.1) is 0 Å². The molecule has 1 atom stereocenters. The molecule has 7 aromatic rings. The molecule has 0 aliphatic rings. The number of thioether (sulfide) groups is 1. The van der Waals surface area contributed by atoms with Crippen LogP contribution in [0, 0.1) is 0 Å². The molecular formula is C41H30N4O4S2. The number of anilines is 2. The molecule has 3 N–H and O–H groups in total. The van der Waals surface area contributed by atoms with E-state index in [0.717, 1.165) is 26.4 Å². The Morgan fingerprint density at radius 3 is 2.22 bits per heavy atom. The summed E-state index contributed by atoms with van der Waals surface area (Å²) in [6.45, 7) is 0. The molecule has 10 heteroatoms. The fourth-order valence-electron chi connectivity index (χ4n) is 5.24. The highest BCUT2D eigenvalue weighted by Crippen LogP contribution is 2.37. The van der Waals surface area contributed by atoms with Gasteiger partial charge in [0.2, 0.25) is 11.8 Å². The van der Waals surface area contributed by atoms with Gasteiger partial charge in [0, 0.05) is 32.3 Å². The van der Waals surface area contributed by atoms with Crippen LogP contribution in [0.2, 0.25) is 0 Å². The molecule has 7 rings (SSSR count). The van der Waals surface area contributed by atoms with Crippen LogP contribution in [-0.2, 0) is 9.59 Å². The van der Waals surface area contributed by atoms with E-state index in [2.05, 4.69) is 20.9 Å². The fourth-order valence-corrected chi connectivity index (χ4v) is 6.98. The monoisotopic (exact) mass is 706 g/mol. The van der Waals surface area contributed by atoms with E-state index in [0.29, 0.717) is 28.4 Å². The second kappa shape index (κ2) is 15.5. The summed E-state index contributed by atoms with van der Waals surface area (Å²) in [5, 5.41) is 10.0. The lowest BCUT2D eigenvalue weighted by Crippen LogP contribution is -2.30. The number of carbonyl (C=O) groups excluding carboxylic acids is 3. The summed E-state index contributed by atoms with van der Waals surface area (Å²) < 4.78 is 5.89. The minimum Gasteiger partial charge on any atom is -0.436 e. The predicted molar refractivity (Wildman–Crippen MR) is 204 cm³/mol. The number of rotatable bonds is 11. The third-order valence-electron chi connectivity index (χ3n) is 7.74. The van der Waals surface area contributed by atoms with Gasteiger partial charge in [-0.05, 0) is 89.8 Å². The van der Waals surface area contributed by atoms with Gasteiger partial charge in [-0.3, -0.25) is 14.4 Å². The average molecular weight is 707 g/mol. The Balaban J connectivity index is 1.07. The number of hydrogen-bond acceptors (Lipinski definition) is 7. The molecule has 250 valence electrons. The Labute approximate surface area is 302 Å². The third-order valence-corrected chi connectivity index (χ3v) is 9.81. The van der Waals surface area contributed by atoms with Crippen LogP contribution in [0.25, 0.3) is 28.6 Å². The van der Waals surface area contributed by atoms with Gasteiger partial charge in [-0.1, -0.05) is 72.8 Å². The third kappa shape index (κ3) is 8.33. The largest absolute Gasteiger partial charge is 0.436 e. The number of para-hydroxylation sites is 2. The van der Waals surface area contributed by atoms with Crippen LogP contribution in [-0.4, -0.2) is 22.7 Å². The summed E-state index contributed by atoms with van der Waals surface area (Å²) in [6, 6.07) is 44.2. The molecule has 0 saturated heterocycles. The van der Waals surface area contributed by atoms with Crippen molar-refractivity contribution >= 4 is 69.4 Å². The molecule has 0 saturated carbocycles. The van der Waals surface area contributed by atoms with Crippen molar-refractivity contribution in [1.29, 1.82) is 0 Å². The molecule has 2 aromatic heterocycles. The van der Waals surface area contributed by atoms with E-state index in [4.69, 9.17) is 4.42 Å². The molecule has 51 heavy (non-hydrogen) atoms. The topological polar surface area (TPSA) is 113 Å². The van der Waals surface area contributed by atoms with Gasteiger partial charge in [0.1, 0.15) is 16.5 Å². The molecular weight excluding hydrogens is 677 g/mol. The highest BCUT2D eigenvalue weighted by atomic mass is 32.2. The van der Waals surface area contributed by atoms with E-state index in [1.807, 2.05) is 121 Å². The first-order chi connectivity index (χ1) is 25.0. The number of oxazole rings is 1. The molecule has 1 unspecified atom stereocenters. The molecule has 2 heterocycles. The van der Waals surface area contributed by atoms with Crippen LogP contribution in [0.1, 0.15) is 26.0 Å². The Kier molecular flexibility index (Phi) is 10.1. The Morgan fingerprint density at radius 2 is 1.47 bits per heavy atom. The molecule has 3 amide bonds. The second-order valence-electron chi connectivity index (χ2n) is 11.3. The van der Waals surface area contributed by atoms with Crippen LogP contribution in [0.3, 0.4) is 0 Å². The van der Waals surface area contributed by atoms with Gasteiger partial charge in [0.25, 0.3) is 11.8 Å². The van der Waals surface area contributed by atoms with Crippen molar-refractivity contribution in [3.63, 3.8) is 0 Å². The van der Waals surface area contributed by atoms with Crippen LogP contribution < -0.4 is 16.0 Å². The summed E-state index contributed by atoms with van der Waals surface area (Å²) >= 11 is 2.81. The maximum Gasteiger partial charge on any atom is 0.272 e. The Hall–Kier alpha value is -6.23. The van der Waals surface area contributed by atoms with Crippen LogP contribution >= 0.6 is 23.1 Å². The summed E-state index contributed by atoms with van der Waals surface area (Å²) in [7, 11) is 0. The second-order valence-corrected chi connectivity index (χ2v) is 13.5. The van der Waals surface area contributed by atoms with E-state index in [9.17, 15) is 14.4 Å². The fraction of sp³-hybridized carbons (Fsp3) is 0.0244. The number of nitrogens with zero attached hydrogens (tertiary/aromatic N) is 1. The number of fused-ring (bicyclic) bond motifs is 1. The maximum absolute atomic E-state index is 13.8. The van der Waals surface area contributed by atoms with Crippen molar-refractivity contribution in [3.05, 3.63) is 173 Å². The standard InChI is InChI=1S/C41H30N4O4S2/c46-38(28-13-5-2-6-14-28)44-35(26-32-17-10-24-50-32)39(47)43-31-15-9-16-33(25-31)51-37(27-11-3-1-4-12-27)40(48)42-30-22-20-29(21-23-30)41-45-34-18-7-8-19-36(34)49-41/h1-26,37H,(H,42,48)(H,43,47)(H,44,46)/b35-26-. The summed E-state index contributed by atoms with van der Waals surface area (Å²) in [5.41, 5.74) is 4.79. The van der Waals surface area contributed by atoms with E-state index < -0.39 is 17.1 Å². The van der Waals surface area contributed by atoms with E-state index in [-0.39, 0.29) is 11.6 Å². The summed E-state index contributed by atoms with van der Waals surface area (Å²) in [5.74, 6) is -0.574. The highest BCUT2D eigenvalue weighted by Gasteiger charge is 2.23. The van der Waals surface area contributed by atoms with E-state index in [1.54, 1.807) is 36.4 Å². The van der Waals surface area contributed by atoms with E-state index in [1.165, 1.54) is 23.1 Å². The zero-order chi connectivity index (χ0) is 35.0. The highest BCUT2D eigenvalue weighted by molar-refractivity contribution is 8.00. The lowest BCUT2D eigenvalue weighted by molar-refractivity contribution is -0.116. The van der Waals surface area contributed by atoms with Crippen LogP contribution in [0.15, 0.2) is 166 Å². The lowest BCUT2D eigenvalue weighted by atomic mass is 10.1. The molecule has 5 aromatic carbocycles. The first-order valence-corrected chi connectivity index (χ1v) is 17.8. The normalized spacial score (nSPS) is 11.9. The average Bonchev–Trinajstić information content (AvgIpc) is 3.85. The Bertz CT molecular complexity index is 2290. The smallest absolute Gasteiger partial charge is 0.272 e. The first kappa shape index (κ1) is 33.3. The molecule has 0 aliphatic heterocycles. The summed E-state index contributed by atoms with van der Waals surface area (Å²) in [4.78, 5) is 46.5. The molecule has 8 nitrogen and oxygen atoms in total. The van der Waals surface area contributed by atoms with Gasteiger partial charge in [-0.15, -0.1) is 23.1 Å². The molecule has 0 spiro atoms. The molecule has 0 aliphatic carbocycles. The molecule has 0 radical (unpaired) electrons. The minimum absolute atomic E-state index is 0.105. The number of benzene rings is 5. The van der Waals surface area contributed by atoms with Gasteiger partial charge < -0.3 is 20.4 Å². The predicted octanol–water partition coefficient (Wildman–Crippen LogP) is 9.44. The Morgan fingerprint density at radius 1 is 0.725 bits per heavy atom. The lowest BCUT2D eigenvalue weighted by Gasteiger charge is -2.18. The van der Waals surface area contributed by atoms with Crippen molar-refractivity contribution in [2.24, 2.45) is 0 Å². The molecule has 0 fully saturated rings. The molecule has 0 bridgehead atoms. The first-order valence-electron chi connectivity index (χ1n) is 16.0. The number of thiophene rings is 1. The number of aromatic nitrogens is 1. The summed E-state index contributed by atoms with van der Waals surface area (Å²) in [6.07, 6.45) is 1.65. The number of hydrogen-bond donors (Lipinski definition) is 3. The van der Waals surface area contributed by atoms with Crippen molar-refractivity contribution in [2.75, 3.05) is 10.6 Å². The quantitative estimate of drug-likeness (QED) is 0.0913. The van der Waals surface area contributed by atoms with Crippen molar-refractivity contribution in [3.8, 4) is 11.5 Å². The van der Waals surface area contributed by atoms with E-state index >= 15 is 0 Å². The van der Waals surface area contributed by atoms with Crippen molar-refractivity contribution in [1.82, 2.24) is 10.3 Å². The van der Waals surface area contributed by atoms with Gasteiger partial charge in [-0.25, -0.2) is 4.98 Å². The number of amides is 3. The van der Waals surface area contributed by atoms with Crippen LogP contribution in [0.5, 0.6) is 0 Å². The number of nitrogens with one attached hydrogen (secondary N) is 3. The zero-order valence-corrected chi connectivity index (χ0v) is 28.6. The van der Waals surface area contributed by atoms with Gasteiger partial charge in [0.15, 0.2) is 5.58 Å². The SMILES string of the molecule is O=C(Nc1cccc(SC(C(=O)Nc2ccc(-c3nc4ccccc4o3)cc2)c2ccccc2)c1)/C(=C/c1cccs1)NC(=O)c1ccccc1. The number of carbonyl (C=O) groups is 3. The minimum atomic E-state index is -0.603. The van der Waals surface area contributed by atoms with Crippen molar-refractivity contribution < 1.29 is 18.8 Å². The van der Waals surface area contributed by atoms with Gasteiger partial charge in [-0.2, -0.15) is 0 Å². The maximum atomic E-state index is 13.8. The van der Waals surface area contributed by atoms with Crippen molar-refractivity contribution in [2.45, 2.75) is 10.1 Å². The van der Waals surface area contributed by atoms with Crippen LogP contribution in [0.4, 0.5) is 11.4 Å².